The maximum atomic E-state index is 6.19. The number of hydrogen-bond acceptors (Lipinski definition) is 5. The van der Waals surface area contributed by atoms with Crippen LogP contribution in [-0.4, -0.2) is 49.8 Å². The molecule has 0 amide bonds. The third kappa shape index (κ3) is 3.95. The standard InChI is InChI=1S/C18H28N2O2S/c1-20-12-13(11-19)9-16(20)14-3-4-17(18(10-14)21-2)22-15-5-7-23-8-6-15/h3-4,10,13,15-16H,5-9,11-12,19H2,1-2H3. The zero-order valence-corrected chi connectivity index (χ0v) is 15.0. The Morgan fingerprint density at radius 2 is 2.04 bits per heavy atom. The summed E-state index contributed by atoms with van der Waals surface area (Å²) in [6.07, 6.45) is 3.70. The number of methoxy groups -OCH3 is 1. The Morgan fingerprint density at radius 1 is 1.26 bits per heavy atom. The van der Waals surface area contributed by atoms with E-state index < -0.39 is 0 Å². The first kappa shape index (κ1) is 16.9. The first-order valence-electron chi connectivity index (χ1n) is 8.54. The third-order valence-electron chi connectivity index (χ3n) is 5.00. The van der Waals surface area contributed by atoms with Crippen molar-refractivity contribution >= 4 is 11.8 Å². The molecule has 4 nitrogen and oxygen atoms in total. The molecule has 3 rings (SSSR count). The van der Waals surface area contributed by atoms with Gasteiger partial charge < -0.3 is 15.2 Å². The molecule has 0 aromatic heterocycles. The number of ether oxygens (including phenoxy) is 2. The number of nitrogens with zero attached hydrogens (tertiary/aromatic N) is 1. The van der Waals surface area contributed by atoms with Crippen LogP contribution < -0.4 is 15.2 Å². The molecular formula is C18H28N2O2S. The van der Waals surface area contributed by atoms with Crippen LogP contribution in [0.5, 0.6) is 11.5 Å². The van der Waals surface area contributed by atoms with Crippen molar-refractivity contribution in [2.24, 2.45) is 11.7 Å². The fraction of sp³-hybridized carbons (Fsp3) is 0.667. The average molecular weight is 337 g/mol. The summed E-state index contributed by atoms with van der Waals surface area (Å²) in [4.78, 5) is 2.39. The lowest BCUT2D eigenvalue weighted by Gasteiger charge is -2.25. The molecule has 0 radical (unpaired) electrons. The minimum Gasteiger partial charge on any atom is -0.493 e. The zero-order chi connectivity index (χ0) is 16.2. The molecule has 2 aliphatic heterocycles. The lowest BCUT2D eigenvalue weighted by molar-refractivity contribution is 0.184. The highest BCUT2D eigenvalue weighted by molar-refractivity contribution is 7.99. The summed E-state index contributed by atoms with van der Waals surface area (Å²) in [5, 5.41) is 0. The number of thioether (sulfide) groups is 1. The molecule has 2 atom stereocenters. The Morgan fingerprint density at radius 3 is 2.70 bits per heavy atom. The van der Waals surface area contributed by atoms with Crippen molar-refractivity contribution in [2.45, 2.75) is 31.4 Å². The van der Waals surface area contributed by atoms with E-state index >= 15 is 0 Å². The fourth-order valence-electron chi connectivity index (χ4n) is 3.63. The molecule has 2 unspecified atom stereocenters. The van der Waals surface area contributed by atoms with Crippen molar-refractivity contribution in [3.8, 4) is 11.5 Å². The smallest absolute Gasteiger partial charge is 0.161 e. The predicted octanol–water partition coefficient (Wildman–Crippen LogP) is 2.92. The summed E-state index contributed by atoms with van der Waals surface area (Å²) >= 11 is 2.01. The predicted molar refractivity (Wildman–Crippen MR) is 96.5 cm³/mol. The normalized spacial score (nSPS) is 26.4. The van der Waals surface area contributed by atoms with Gasteiger partial charge in [0.15, 0.2) is 11.5 Å². The number of hydrogen-bond donors (Lipinski definition) is 1. The van der Waals surface area contributed by atoms with E-state index in [1.165, 1.54) is 17.1 Å². The Hall–Kier alpha value is -0.910. The van der Waals surface area contributed by atoms with Crippen molar-refractivity contribution < 1.29 is 9.47 Å². The second kappa shape index (κ2) is 7.77. The number of rotatable bonds is 5. The highest BCUT2D eigenvalue weighted by Gasteiger charge is 2.30. The zero-order valence-electron chi connectivity index (χ0n) is 14.2. The van der Waals surface area contributed by atoms with Gasteiger partial charge in [0.2, 0.25) is 0 Å². The topological polar surface area (TPSA) is 47.7 Å². The first-order chi connectivity index (χ1) is 11.2. The van der Waals surface area contributed by atoms with Crippen LogP contribution >= 0.6 is 11.8 Å². The van der Waals surface area contributed by atoms with Crippen LogP contribution in [0.2, 0.25) is 0 Å². The maximum Gasteiger partial charge on any atom is 0.161 e. The Bertz CT molecular complexity index is 520. The quantitative estimate of drug-likeness (QED) is 0.896. The molecule has 2 N–H and O–H groups in total. The summed E-state index contributed by atoms with van der Waals surface area (Å²) in [6.45, 7) is 1.83. The van der Waals surface area contributed by atoms with E-state index in [0.29, 0.717) is 18.1 Å². The van der Waals surface area contributed by atoms with Crippen molar-refractivity contribution in [2.75, 3.05) is 38.8 Å². The Balaban J connectivity index is 1.74. The summed E-state index contributed by atoms with van der Waals surface area (Å²) in [6, 6.07) is 6.85. The van der Waals surface area contributed by atoms with Crippen molar-refractivity contribution in [3.63, 3.8) is 0 Å². The minimum absolute atomic E-state index is 0.326. The van der Waals surface area contributed by atoms with Gasteiger partial charge in [0.1, 0.15) is 6.10 Å². The van der Waals surface area contributed by atoms with E-state index in [1.54, 1.807) is 7.11 Å². The molecule has 0 spiro atoms. The van der Waals surface area contributed by atoms with Gasteiger partial charge in [-0.15, -0.1) is 0 Å². The van der Waals surface area contributed by atoms with E-state index in [0.717, 1.165) is 43.9 Å². The molecule has 5 heteroatoms. The van der Waals surface area contributed by atoms with Crippen LogP contribution in [0.4, 0.5) is 0 Å². The van der Waals surface area contributed by atoms with E-state index in [2.05, 4.69) is 30.1 Å². The van der Waals surface area contributed by atoms with Crippen LogP contribution in [0.15, 0.2) is 18.2 Å². The van der Waals surface area contributed by atoms with Gasteiger partial charge in [-0.1, -0.05) is 6.07 Å². The minimum atomic E-state index is 0.326. The van der Waals surface area contributed by atoms with E-state index in [9.17, 15) is 0 Å². The van der Waals surface area contributed by atoms with Gasteiger partial charge in [-0.2, -0.15) is 11.8 Å². The first-order valence-corrected chi connectivity index (χ1v) is 9.69. The highest BCUT2D eigenvalue weighted by atomic mass is 32.2. The third-order valence-corrected chi connectivity index (χ3v) is 6.05. The lowest BCUT2D eigenvalue weighted by atomic mass is 9.99. The largest absolute Gasteiger partial charge is 0.493 e. The van der Waals surface area contributed by atoms with Gasteiger partial charge in [0.05, 0.1) is 7.11 Å². The lowest BCUT2D eigenvalue weighted by Crippen LogP contribution is -2.22. The van der Waals surface area contributed by atoms with Crippen LogP contribution in [0.1, 0.15) is 30.9 Å². The van der Waals surface area contributed by atoms with Gasteiger partial charge in [0, 0.05) is 12.6 Å². The van der Waals surface area contributed by atoms with Crippen molar-refractivity contribution in [1.29, 1.82) is 0 Å². The van der Waals surface area contributed by atoms with Crippen molar-refractivity contribution in [1.82, 2.24) is 4.90 Å². The van der Waals surface area contributed by atoms with Gasteiger partial charge >= 0.3 is 0 Å². The molecule has 2 heterocycles. The van der Waals surface area contributed by atoms with Gasteiger partial charge in [-0.3, -0.25) is 4.90 Å². The number of likely N-dealkylation sites (tertiary alicyclic amines) is 1. The fourth-order valence-corrected chi connectivity index (χ4v) is 4.69. The Labute approximate surface area is 143 Å². The maximum absolute atomic E-state index is 6.19. The molecule has 1 aromatic rings. The second-order valence-corrected chi connectivity index (χ2v) is 7.86. The SMILES string of the molecule is COc1cc(C2CC(CN)CN2C)ccc1OC1CCSCC1. The van der Waals surface area contributed by atoms with E-state index in [1.807, 2.05) is 11.8 Å². The number of nitrogens with two attached hydrogens (primary N) is 1. The molecule has 0 bridgehead atoms. The molecule has 0 saturated carbocycles. The summed E-state index contributed by atoms with van der Waals surface area (Å²) in [7, 11) is 3.90. The summed E-state index contributed by atoms with van der Waals surface area (Å²) < 4.78 is 11.8. The highest BCUT2D eigenvalue weighted by Crippen LogP contribution is 2.38. The van der Waals surface area contributed by atoms with E-state index in [4.69, 9.17) is 15.2 Å². The molecule has 0 aliphatic carbocycles. The molecule has 2 aliphatic rings. The van der Waals surface area contributed by atoms with Gasteiger partial charge in [-0.25, -0.2) is 0 Å². The summed E-state index contributed by atoms with van der Waals surface area (Å²) in [5.41, 5.74) is 7.15. The van der Waals surface area contributed by atoms with Gasteiger partial charge in [0.25, 0.3) is 0 Å². The molecule has 1 aromatic carbocycles. The van der Waals surface area contributed by atoms with E-state index in [-0.39, 0.29) is 0 Å². The molecule has 23 heavy (non-hydrogen) atoms. The molecule has 2 fully saturated rings. The molecular weight excluding hydrogens is 308 g/mol. The summed E-state index contributed by atoms with van der Waals surface area (Å²) in [5.74, 6) is 4.71. The molecule has 128 valence electrons. The van der Waals surface area contributed by atoms with Crippen LogP contribution in [-0.2, 0) is 0 Å². The Kier molecular flexibility index (Phi) is 5.72. The van der Waals surface area contributed by atoms with Crippen molar-refractivity contribution in [3.05, 3.63) is 23.8 Å². The van der Waals surface area contributed by atoms with Crippen LogP contribution in [0.3, 0.4) is 0 Å². The van der Waals surface area contributed by atoms with Crippen LogP contribution in [0.25, 0.3) is 0 Å². The second-order valence-electron chi connectivity index (χ2n) is 6.63. The van der Waals surface area contributed by atoms with Crippen LogP contribution in [0, 0.1) is 5.92 Å². The monoisotopic (exact) mass is 336 g/mol. The number of benzene rings is 1. The average Bonchev–Trinajstić information content (AvgIpc) is 2.97. The molecule has 2 saturated heterocycles. The van der Waals surface area contributed by atoms with Gasteiger partial charge in [-0.05, 0) is 68.0 Å².